The highest BCUT2D eigenvalue weighted by atomic mass is 16.5. The Hall–Kier alpha value is -0.940. The molecule has 5 nitrogen and oxygen atoms in total. The lowest BCUT2D eigenvalue weighted by atomic mass is 10.1. The van der Waals surface area contributed by atoms with Gasteiger partial charge in [-0.3, -0.25) is 0 Å². The Morgan fingerprint density at radius 3 is 3.19 bits per heavy atom. The van der Waals surface area contributed by atoms with Gasteiger partial charge in [-0.25, -0.2) is 9.67 Å². The fraction of sp³-hybridized carbons (Fsp3) is 0.818. The molecule has 1 fully saturated rings. The number of aromatic nitrogens is 3. The van der Waals surface area contributed by atoms with E-state index in [1.54, 1.807) is 0 Å². The summed E-state index contributed by atoms with van der Waals surface area (Å²) < 4.78 is 7.57. The Morgan fingerprint density at radius 1 is 1.44 bits per heavy atom. The van der Waals surface area contributed by atoms with Gasteiger partial charge in [0.15, 0.2) is 5.82 Å². The standard InChI is InChI=1S/C11H18N4O/c12-8-3-4-11-13-10(14-15(11)7-8)6-9-2-1-5-16-9/h8-9H,1-7,12H2. The lowest BCUT2D eigenvalue weighted by Crippen LogP contribution is -2.32. The Kier molecular flexibility index (Phi) is 2.65. The molecule has 0 radical (unpaired) electrons. The second kappa shape index (κ2) is 4.14. The minimum atomic E-state index is 0.241. The second-order valence-corrected chi connectivity index (χ2v) is 4.76. The van der Waals surface area contributed by atoms with Crippen molar-refractivity contribution in [1.29, 1.82) is 0 Å². The van der Waals surface area contributed by atoms with E-state index in [0.717, 1.165) is 50.5 Å². The summed E-state index contributed by atoms with van der Waals surface area (Å²) in [5, 5.41) is 4.51. The molecule has 88 valence electrons. The summed E-state index contributed by atoms with van der Waals surface area (Å²) in [4.78, 5) is 4.57. The second-order valence-electron chi connectivity index (χ2n) is 4.76. The van der Waals surface area contributed by atoms with Crippen LogP contribution in [0, 0.1) is 0 Å². The van der Waals surface area contributed by atoms with Crippen molar-refractivity contribution in [2.75, 3.05) is 6.61 Å². The van der Waals surface area contributed by atoms with Crippen molar-refractivity contribution < 1.29 is 4.74 Å². The summed E-state index contributed by atoms with van der Waals surface area (Å²) in [6.07, 6.45) is 5.48. The average molecular weight is 222 g/mol. The van der Waals surface area contributed by atoms with Crippen molar-refractivity contribution in [2.24, 2.45) is 5.73 Å². The largest absolute Gasteiger partial charge is 0.378 e. The summed E-state index contributed by atoms with van der Waals surface area (Å²) in [5.41, 5.74) is 5.91. The van der Waals surface area contributed by atoms with Crippen molar-refractivity contribution >= 4 is 0 Å². The van der Waals surface area contributed by atoms with Crippen molar-refractivity contribution in [3.8, 4) is 0 Å². The molecule has 0 aliphatic carbocycles. The SMILES string of the molecule is NC1CCc2nc(CC3CCCO3)nn2C1. The van der Waals surface area contributed by atoms with E-state index in [9.17, 15) is 0 Å². The molecule has 1 aromatic rings. The molecule has 3 rings (SSSR count). The number of nitrogens with two attached hydrogens (primary N) is 1. The molecule has 2 N–H and O–H groups in total. The van der Waals surface area contributed by atoms with E-state index in [2.05, 4.69) is 10.1 Å². The molecule has 5 heteroatoms. The zero-order valence-corrected chi connectivity index (χ0v) is 9.43. The van der Waals surface area contributed by atoms with Crippen LogP contribution in [0.2, 0.25) is 0 Å². The highest BCUT2D eigenvalue weighted by Crippen LogP contribution is 2.17. The lowest BCUT2D eigenvalue weighted by Gasteiger charge is -2.17. The molecule has 2 unspecified atom stereocenters. The molecule has 1 saturated heterocycles. The summed E-state index contributed by atoms with van der Waals surface area (Å²) >= 11 is 0. The quantitative estimate of drug-likeness (QED) is 0.780. The molecule has 16 heavy (non-hydrogen) atoms. The minimum Gasteiger partial charge on any atom is -0.378 e. The van der Waals surface area contributed by atoms with Gasteiger partial charge in [0.05, 0.1) is 12.6 Å². The number of nitrogens with zero attached hydrogens (tertiary/aromatic N) is 3. The molecular formula is C11H18N4O. The lowest BCUT2D eigenvalue weighted by molar-refractivity contribution is 0.110. The number of ether oxygens (including phenoxy) is 1. The molecule has 0 spiro atoms. The van der Waals surface area contributed by atoms with E-state index in [0.29, 0.717) is 6.10 Å². The van der Waals surface area contributed by atoms with E-state index in [4.69, 9.17) is 10.5 Å². The first kappa shape index (κ1) is 10.2. The molecule has 0 bridgehead atoms. The van der Waals surface area contributed by atoms with Gasteiger partial charge in [0, 0.05) is 25.5 Å². The molecular weight excluding hydrogens is 204 g/mol. The van der Waals surface area contributed by atoms with Crippen LogP contribution in [0.25, 0.3) is 0 Å². The summed E-state index contributed by atoms with van der Waals surface area (Å²) in [5.74, 6) is 2.02. The molecule has 2 aliphatic rings. The average Bonchev–Trinajstić information content (AvgIpc) is 2.86. The van der Waals surface area contributed by atoms with Gasteiger partial charge in [0.2, 0.25) is 0 Å². The van der Waals surface area contributed by atoms with E-state index in [-0.39, 0.29) is 6.04 Å². The smallest absolute Gasteiger partial charge is 0.153 e. The maximum atomic E-state index is 5.91. The van der Waals surface area contributed by atoms with Crippen molar-refractivity contribution in [3.63, 3.8) is 0 Å². The van der Waals surface area contributed by atoms with Crippen molar-refractivity contribution in [2.45, 2.75) is 50.8 Å². The van der Waals surface area contributed by atoms with Gasteiger partial charge in [0.25, 0.3) is 0 Å². The van der Waals surface area contributed by atoms with Crippen LogP contribution in [0.5, 0.6) is 0 Å². The van der Waals surface area contributed by atoms with Gasteiger partial charge in [0.1, 0.15) is 5.82 Å². The van der Waals surface area contributed by atoms with Gasteiger partial charge < -0.3 is 10.5 Å². The van der Waals surface area contributed by atoms with Crippen molar-refractivity contribution in [1.82, 2.24) is 14.8 Å². The normalized spacial score (nSPS) is 29.3. The highest BCUT2D eigenvalue weighted by Gasteiger charge is 2.22. The van der Waals surface area contributed by atoms with Crippen LogP contribution < -0.4 is 5.73 Å². The van der Waals surface area contributed by atoms with Crippen LogP contribution in [-0.4, -0.2) is 33.5 Å². The molecule has 3 heterocycles. The zero-order valence-electron chi connectivity index (χ0n) is 9.43. The van der Waals surface area contributed by atoms with Crippen LogP contribution in [0.3, 0.4) is 0 Å². The third-order valence-corrected chi connectivity index (χ3v) is 3.37. The number of fused-ring (bicyclic) bond motifs is 1. The first-order valence-corrected chi connectivity index (χ1v) is 6.11. The van der Waals surface area contributed by atoms with Crippen LogP contribution in [0.15, 0.2) is 0 Å². The number of hydrogen-bond acceptors (Lipinski definition) is 4. The zero-order chi connectivity index (χ0) is 11.0. The van der Waals surface area contributed by atoms with E-state index in [1.165, 1.54) is 6.42 Å². The molecule has 2 aliphatic heterocycles. The highest BCUT2D eigenvalue weighted by molar-refractivity contribution is 4.99. The fourth-order valence-corrected chi connectivity index (χ4v) is 2.48. The molecule has 0 aromatic carbocycles. The molecule has 0 amide bonds. The van der Waals surface area contributed by atoms with E-state index in [1.807, 2.05) is 4.68 Å². The first-order chi connectivity index (χ1) is 7.81. The Bertz CT molecular complexity index is 370. The summed E-state index contributed by atoms with van der Waals surface area (Å²) in [7, 11) is 0. The third kappa shape index (κ3) is 1.97. The molecule has 2 atom stereocenters. The Labute approximate surface area is 95.0 Å². The number of hydrogen-bond donors (Lipinski definition) is 1. The predicted molar refractivity (Wildman–Crippen MR) is 59.0 cm³/mol. The molecule has 1 aromatic heterocycles. The number of aryl methyl sites for hydroxylation is 1. The Morgan fingerprint density at radius 2 is 2.38 bits per heavy atom. The Balaban J connectivity index is 1.71. The topological polar surface area (TPSA) is 66.0 Å². The maximum absolute atomic E-state index is 5.91. The first-order valence-electron chi connectivity index (χ1n) is 6.11. The number of rotatable bonds is 2. The molecule has 0 saturated carbocycles. The van der Waals surface area contributed by atoms with Gasteiger partial charge in [-0.05, 0) is 19.3 Å². The van der Waals surface area contributed by atoms with Gasteiger partial charge >= 0.3 is 0 Å². The van der Waals surface area contributed by atoms with Crippen molar-refractivity contribution in [3.05, 3.63) is 11.6 Å². The summed E-state index contributed by atoms with van der Waals surface area (Å²) in [6.45, 7) is 1.71. The third-order valence-electron chi connectivity index (χ3n) is 3.37. The minimum absolute atomic E-state index is 0.241. The maximum Gasteiger partial charge on any atom is 0.153 e. The van der Waals surface area contributed by atoms with E-state index >= 15 is 0 Å². The monoisotopic (exact) mass is 222 g/mol. The van der Waals surface area contributed by atoms with Crippen LogP contribution >= 0.6 is 0 Å². The van der Waals surface area contributed by atoms with Crippen LogP contribution in [-0.2, 0) is 24.1 Å². The van der Waals surface area contributed by atoms with Crippen LogP contribution in [0.4, 0.5) is 0 Å². The van der Waals surface area contributed by atoms with Gasteiger partial charge in [-0.1, -0.05) is 0 Å². The van der Waals surface area contributed by atoms with Crippen LogP contribution in [0.1, 0.15) is 30.9 Å². The summed E-state index contributed by atoms with van der Waals surface area (Å²) in [6, 6.07) is 0.241. The predicted octanol–water partition coefficient (Wildman–Crippen LogP) is 0.273. The fourth-order valence-electron chi connectivity index (χ4n) is 2.48. The van der Waals surface area contributed by atoms with Gasteiger partial charge in [-0.2, -0.15) is 5.10 Å². The van der Waals surface area contributed by atoms with Gasteiger partial charge in [-0.15, -0.1) is 0 Å². The van der Waals surface area contributed by atoms with E-state index < -0.39 is 0 Å².